The molecule has 0 saturated heterocycles. The summed E-state index contributed by atoms with van der Waals surface area (Å²) < 4.78 is 5.07. The van der Waals surface area contributed by atoms with Gasteiger partial charge in [0.2, 0.25) is 0 Å². The highest BCUT2D eigenvalue weighted by Crippen LogP contribution is 2.33. The minimum absolute atomic E-state index is 0.205. The number of rotatable bonds is 7. The van der Waals surface area contributed by atoms with Gasteiger partial charge in [0.15, 0.2) is 0 Å². The molecule has 1 atom stereocenters. The summed E-state index contributed by atoms with van der Waals surface area (Å²) in [5.74, 6) is 1.26. The highest BCUT2D eigenvalue weighted by atomic mass is 16.5. The first-order chi connectivity index (χ1) is 9.69. The lowest BCUT2D eigenvalue weighted by Crippen LogP contribution is -2.36. The molecule has 20 heavy (non-hydrogen) atoms. The number of nitrogens with one attached hydrogen (secondary N) is 2. The van der Waals surface area contributed by atoms with Gasteiger partial charge in [-0.15, -0.1) is 0 Å². The molecule has 0 bridgehead atoms. The van der Waals surface area contributed by atoms with Crippen molar-refractivity contribution in [3.63, 3.8) is 0 Å². The van der Waals surface area contributed by atoms with Crippen molar-refractivity contribution in [3.8, 4) is 5.75 Å². The maximum atomic E-state index is 11.6. The Hall–Kier alpha value is -1.75. The van der Waals surface area contributed by atoms with Crippen molar-refractivity contribution in [1.82, 2.24) is 10.6 Å². The summed E-state index contributed by atoms with van der Waals surface area (Å²) in [5.41, 5.74) is 1.01. The Morgan fingerprint density at radius 2 is 2.05 bits per heavy atom. The van der Waals surface area contributed by atoms with Crippen LogP contribution in [0.3, 0.4) is 0 Å². The van der Waals surface area contributed by atoms with Crippen LogP contribution in [0.1, 0.15) is 24.8 Å². The van der Waals surface area contributed by atoms with E-state index in [4.69, 9.17) is 4.74 Å². The Balaban J connectivity index is 1.61. The molecule has 1 aliphatic rings. The minimum atomic E-state index is -0.267. The highest BCUT2D eigenvalue weighted by Gasteiger charge is 2.29. The Morgan fingerprint density at radius 3 is 2.65 bits per heavy atom. The smallest absolute Gasteiger partial charge is 0.315 e. The summed E-state index contributed by atoms with van der Waals surface area (Å²) in [6.07, 6.45) is 2.59. The zero-order valence-corrected chi connectivity index (χ0v) is 11.8. The van der Waals surface area contributed by atoms with Crippen molar-refractivity contribution in [2.24, 2.45) is 5.92 Å². The molecule has 0 spiro atoms. The Bertz CT molecular complexity index is 429. The SMILES string of the molecule is COc1ccc(CNC(=O)NCC[C@H](O)C2CC2)cc1. The maximum absolute atomic E-state index is 11.6. The molecule has 0 aliphatic heterocycles. The molecular formula is C15H22N2O3. The summed E-state index contributed by atoms with van der Waals surface area (Å²) in [6.45, 7) is 0.979. The fraction of sp³-hybridized carbons (Fsp3) is 0.533. The molecule has 0 unspecified atom stereocenters. The molecule has 1 aromatic rings. The number of benzene rings is 1. The number of hydrogen-bond donors (Lipinski definition) is 3. The summed E-state index contributed by atoms with van der Waals surface area (Å²) in [4.78, 5) is 11.6. The maximum Gasteiger partial charge on any atom is 0.315 e. The summed E-state index contributed by atoms with van der Waals surface area (Å²) in [7, 11) is 1.62. The average Bonchev–Trinajstić information content (AvgIpc) is 3.30. The van der Waals surface area contributed by atoms with Crippen molar-refractivity contribution in [2.45, 2.75) is 31.9 Å². The van der Waals surface area contributed by atoms with Crippen molar-refractivity contribution in [1.29, 1.82) is 0 Å². The van der Waals surface area contributed by atoms with Crippen molar-refractivity contribution >= 4 is 6.03 Å². The molecule has 2 amide bonds. The molecule has 0 heterocycles. The summed E-state index contributed by atoms with van der Waals surface area (Å²) in [6, 6.07) is 7.34. The topological polar surface area (TPSA) is 70.6 Å². The van der Waals surface area contributed by atoms with Gasteiger partial charge in [0.1, 0.15) is 5.75 Å². The van der Waals surface area contributed by atoms with Gasteiger partial charge in [0.25, 0.3) is 0 Å². The van der Waals surface area contributed by atoms with E-state index in [1.807, 2.05) is 24.3 Å². The first-order valence-electron chi connectivity index (χ1n) is 7.01. The van der Waals surface area contributed by atoms with Gasteiger partial charge in [-0.2, -0.15) is 0 Å². The number of hydrogen-bond acceptors (Lipinski definition) is 3. The van der Waals surface area contributed by atoms with Gasteiger partial charge >= 0.3 is 6.03 Å². The van der Waals surface area contributed by atoms with Gasteiger partial charge < -0.3 is 20.5 Å². The molecule has 0 radical (unpaired) electrons. The van der Waals surface area contributed by atoms with Crippen molar-refractivity contribution in [2.75, 3.05) is 13.7 Å². The number of aliphatic hydroxyl groups excluding tert-OH is 1. The van der Waals surface area contributed by atoms with E-state index in [0.29, 0.717) is 25.4 Å². The zero-order valence-electron chi connectivity index (χ0n) is 11.8. The van der Waals surface area contributed by atoms with Crippen molar-refractivity contribution < 1.29 is 14.6 Å². The largest absolute Gasteiger partial charge is 0.497 e. The molecule has 5 heteroatoms. The molecule has 1 aromatic carbocycles. The van der Waals surface area contributed by atoms with E-state index in [-0.39, 0.29) is 12.1 Å². The van der Waals surface area contributed by atoms with Gasteiger partial charge in [-0.3, -0.25) is 0 Å². The first-order valence-corrected chi connectivity index (χ1v) is 7.01. The van der Waals surface area contributed by atoms with Crippen LogP contribution in [0, 0.1) is 5.92 Å². The van der Waals surface area contributed by atoms with Crippen LogP contribution in [-0.4, -0.2) is 30.9 Å². The average molecular weight is 278 g/mol. The van der Waals surface area contributed by atoms with E-state index < -0.39 is 0 Å². The predicted molar refractivity (Wildman–Crippen MR) is 76.6 cm³/mol. The van der Waals surface area contributed by atoms with E-state index in [2.05, 4.69) is 10.6 Å². The Morgan fingerprint density at radius 1 is 1.35 bits per heavy atom. The number of methoxy groups -OCH3 is 1. The van der Waals surface area contributed by atoms with Crippen LogP contribution in [0.4, 0.5) is 4.79 Å². The number of carbonyl (C=O) groups excluding carboxylic acids is 1. The van der Waals surface area contributed by atoms with Gasteiger partial charge in [0.05, 0.1) is 13.2 Å². The Kier molecular flexibility index (Phi) is 5.24. The highest BCUT2D eigenvalue weighted by molar-refractivity contribution is 5.73. The van der Waals surface area contributed by atoms with Gasteiger partial charge in [0, 0.05) is 13.1 Å². The van der Waals surface area contributed by atoms with E-state index >= 15 is 0 Å². The normalized spacial score (nSPS) is 15.5. The third kappa shape index (κ3) is 4.74. The number of carbonyl (C=O) groups is 1. The van der Waals surface area contributed by atoms with Gasteiger partial charge in [-0.05, 0) is 42.9 Å². The fourth-order valence-electron chi connectivity index (χ4n) is 2.04. The van der Waals surface area contributed by atoms with Crippen molar-refractivity contribution in [3.05, 3.63) is 29.8 Å². The molecule has 3 N–H and O–H groups in total. The third-order valence-corrected chi connectivity index (χ3v) is 3.50. The number of ether oxygens (including phenoxy) is 1. The van der Waals surface area contributed by atoms with E-state index in [0.717, 1.165) is 24.2 Å². The minimum Gasteiger partial charge on any atom is -0.497 e. The molecule has 1 fully saturated rings. The van der Waals surface area contributed by atoms with Crippen LogP contribution in [0.25, 0.3) is 0 Å². The van der Waals surface area contributed by atoms with E-state index in [1.54, 1.807) is 7.11 Å². The van der Waals surface area contributed by atoms with Gasteiger partial charge in [-0.25, -0.2) is 4.79 Å². The standard InChI is InChI=1S/C15H22N2O3/c1-20-13-6-2-11(3-7-13)10-17-15(19)16-9-8-14(18)12-4-5-12/h2-3,6-7,12,14,18H,4-5,8-10H2,1H3,(H2,16,17,19)/t14-/m0/s1. The molecular weight excluding hydrogens is 256 g/mol. The summed E-state index contributed by atoms with van der Waals surface area (Å²) >= 11 is 0. The number of amides is 2. The molecule has 0 aromatic heterocycles. The molecule has 1 saturated carbocycles. The van der Waals surface area contributed by atoms with E-state index in [9.17, 15) is 9.90 Å². The second-order valence-corrected chi connectivity index (χ2v) is 5.15. The second kappa shape index (κ2) is 7.14. The Labute approximate surface area is 119 Å². The summed E-state index contributed by atoms with van der Waals surface area (Å²) in [5, 5.41) is 15.2. The van der Waals surface area contributed by atoms with Crippen LogP contribution >= 0.6 is 0 Å². The van der Waals surface area contributed by atoms with Crippen LogP contribution in [0.2, 0.25) is 0 Å². The lowest BCUT2D eigenvalue weighted by atomic mass is 10.2. The number of urea groups is 1. The molecule has 1 aliphatic carbocycles. The van der Waals surface area contributed by atoms with E-state index in [1.165, 1.54) is 0 Å². The fourth-order valence-corrected chi connectivity index (χ4v) is 2.04. The van der Waals surface area contributed by atoms with Gasteiger partial charge in [-0.1, -0.05) is 12.1 Å². The first kappa shape index (κ1) is 14.7. The quantitative estimate of drug-likeness (QED) is 0.710. The van der Waals surface area contributed by atoms with Crippen LogP contribution in [-0.2, 0) is 6.54 Å². The third-order valence-electron chi connectivity index (χ3n) is 3.50. The molecule has 2 rings (SSSR count). The second-order valence-electron chi connectivity index (χ2n) is 5.15. The lowest BCUT2D eigenvalue weighted by molar-refractivity contribution is 0.141. The lowest BCUT2D eigenvalue weighted by Gasteiger charge is -2.11. The zero-order chi connectivity index (χ0) is 14.4. The monoisotopic (exact) mass is 278 g/mol. The molecule has 5 nitrogen and oxygen atoms in total. The van der Waals surface area contributed by atoms with Crippen LogP contribution in [0.5, 0.6) is 5.75 Å². The number of aliphatic hydroxyl groups is 1. The predicted octanol–water partition coefficient (Wildman–Crippen LogP) is 1.66. The van der Waals surface area contributed by atoms with Crippen LogP contribution < -0.4 is 15.4 Å². The molecule has 110 valence electrons. The van der Waals surface area contributed by atoms with Crippen LogP contribution in [0.15, 0.2) is 24.3 Å².